The summed E-state index contributed by atoms with van der Waals surface area (Å²) in [7, 11) is -2.04. The summed E-state index contributed by atoms with van der Waals surface area (Å²) in [5.41, 5.74) is 2.34. The number of imidazole rings is 1. The molecule has 0 atom stereocenters. The van der Waals surface area contributed by atoms with E-state index >= 15 is 0 Å². The van der Waals surface area contributed by atoms with Gasteiger partial charge in [0.2, 0.25) is 22.7 Å². The molecule has 1 amide bonds. The molecule has 0 spiro atoms. The number of hydrogen-bond acceptors (Lipinski definition) is 6. The minimum Gasteiger partial charge on any atom is -0.454 e. The van der Waals surface area contributed by atoms with Gasteiger partial charge in [0, 0.05) is 33.0 Å². The van der Waals surface area contributed by atoms with Crippen molar-refractivity contribution in [2.75, 3.05) is 13.8 Å². The van der Waals surface area contributed by atoms with Gasteiger partial charge in [-0.3, -0.25) is 4.79 Å². The molecule has 9 nitrogen and oxygen atoms in total. The second kappa shape index (κ2) is 8.79. The zero-order valence-corrected chi connectivity index (χ0v) is 18.9. The van der Waals surface area contributed by atoms with E-state index in [-0.39, 0.29) is 24.0 Å². The van der Waals surface area contributed by atoms with Gasteiger partial charge < -0.3 is 18.9 Å². The van der Waals surface area contributed by atoms with Crippen LogP contribution in [0.15, 0.2) is 41.3 Å². The molecule has 2 aromatic carbocycles. The molecule has 0 radical (unpaired) electrons. The van der Waals surface area contributed by atoms with E-state index in [1.54, 1.807) is 18.0 Å². The largest absolute Gasteiger partial charge is 0.454 e. The van der Waals surface area contributed by atoms with E-state index < -0.39 is 10.0 Å². The van der Waals surface area contributed by atoms with Gasteiger partial charge in [0.05, 0.1) is 15.9 Å². The van der Waals surface area contributed by atoms with E-state index in [9.17, 15) is 13.2 Å². The van der Waals surface area contributed by atoms with Crippen LogP contribution < -0.4 is 14.6 Å². The fourth-order valence-corrected chi connectivity index (χ4v) is 4.34. The predicted molar refractivity (Wildman–Crippen MR) is 119 cm³/mol. The minimum absolute atomic E-state index is 0.0111. The summed E-state index contributed by atoms with van der Waals surface area (Å²) in [5, 5.41) is 5.25. The lowest BCUT2D eigenvalue weighted by Crippen LogP contribution is -2.26. The minimum atomic E-state index is -3.81. The Bertz CT molecular complexity index is 1270. The van der Waals surface area contributed by atoms with Crippen LogP contribution in [0.1, 0.15) is 31.2 Å². The smallest absolute Gasteiger partial charge is 0.238 e. The zero-order valence-electron chi connectivity index (χ0n) is 18.1. The maximum Gasteiger partial charge on any atom is 0.238 e. The van der Waals surface area contributed by atoms with E-state index in [0.29, 0.717) is 30.0 Å². The molecule has 0 unspecified atom stereocenters. The molecular formula is C22H26N4O5S. The van der Waals surface area contributed by atoms with Crippen molar-refractivity contribution in [3.8, 4) is 11.5 Å². The molecule has 1 aliphatic heterocycles. The summed E-state index contributed by atoms with van der Waals surface area (Å²) >= 11 is 0. The molecule has 170 valence electrons. The van der Waals surface area contributed by atoms with Crippen LogP contribution in [0.4, 0.5) is 0 Å². The molecule has 1 aliphatic rings. The van der Waals surface area contributed by atoms with Crippen LogP contribution in [0.2, 0.25) is 0 Å². The lowest BCUT2D eigenvalue weighted by molar-refractivity contribution is -0.130. The number of hydrogen-bond donors (Lipinski definition) is 1. The summed E-state index contributed by atoms with van der Waals surface area (Å²) in [5.74, 6) is 2.14. The van der Waals surface area contributed by atoms with Gasteiger partial charge in [-0.25, -0.2) is 18.5 Å². The van der Waals surface area contributed by atoms with Crippen LogP contribution in [0.25, 0.3) is 11.0 Å². The molecule has 2 heterocycles. The molecular weight excluding hydrogens is 432 g/mol. The van der Waals surface area contributed by atoms with Crippen LogP contribution in [0, 0.1) is 0 Å². The normalized spacial score (nSPS) is 13.0. The van der Waals surface area contributed by atoms with E-state index in [2.05, 4.69) is 11.9 Å². The van der Waals surface area contributed by atoms with Crippen molar-refractivity contribution in [2.24, 2.45) is 5.14 Å². The van der Waals surface area contributed by atoms with Crippen LogP contribution in [-0.4, -0.2) is 42.6 Å². The van der Waals surface area contributed by atoms with E-state index in [4.69, 9.17) is 14.6 Å². The number of carbonyl (C=O) groups excluding carboxylic acids is 1. The van der Waals surface area contributed by atoms with Gasteiger partial charge >= 0.3 is 0 Å². The monoisotopic (exact) mass is 458 g/mol. The van der Waals surface area contributed by atoms with Crippen molar-refractivity contribution >= 4 is 27.0 Å². The highest BCUT2D eigenvalue weighted by Crippen LogP contribution is 2.32. The van der Waals surface area contributed by atoms with Crippen LogP contribution in [0.5, 0.6) is 11.5 Å². The average Bonchev–Trinajstić information content (AvgIpc) is 3.35. The van der Waals surface area contributed by atoms with Crippen LogP contribution >= 0.6 is 0 Å². The van der Waals surface area contributed by atoms with E-state index in [0.717, 1.165) is 29.9 Å². The maximum atomic E-state index is 12.8. The molecule has 0 aliphatic carbocycles. The van der Waals surface area contributed by atoms with Gasteiger partial charge in [-0.15, -0.1) is 0 Å². The Morgan fingerprint density at radius 3 is 2.72 bits per heavy atom. The molecule has 1 aromatic heterocycles. The van der Waals surface area contributed by atoms with Crippen molar-refractivity contribution in [1.82, 2.24) is 14.5 Å². The zero-order chi connectivity index (χ0) is 22.9. The van der Waals surface area contributed by atoms with Crippen molar-refractivity contribution in [2.45, 2.75) is 44.2 Å². The van der Waals surface area contributed by atoms with Crippen LogP contribution in [-0.2, 0) is 34.3 Å². The Hall–Kier alpha value is -3.11. The summed E-state index contributed by atoms with van der Waals surface area (Å²) in [6, 6.07) is 10.3. The molecule has 0 fully saturated rings. The average molecular weight is 459 g/mol. The summed E-state index contributed by atoms with van der Waals surface area (Å²) in [4.78, 5) is 19.1. The molecule has 2 N–H and O–H groups in total. The molecule has 0 saturated carbocycles. The Morgan fingerprint density at radius 1 is 1.19 bits per heavy atom. The number of nitrogens with zero attached hydrogens (tertiary/aromatic N) is 3. The highest BCUT2D eigenvalue weighted by Gasteiger charge is 2.18. The Kier molecular flexibility index (Phi) is 6.07. The fraction of sp³-hybridized carbons (Fsp3) is 0.364. The first kappa shape index (κ1) is 22.1. The molecule has 4 rings (SSSR count). The third-order valence-electron chi connectivity index (χ3n) is 5.42. The number of sulfonamides is 1. The number of ether oxygens (including phenoxy) is 2. The van der Waals surface area contributed by atoms with Crippen molar-refractivity contribution in [1.29, 1.82) is 0 Å². The number of rotatable bonds is 8. The fourth-order valence-electron chi connectivity index (χ4n) is 3.81. The number of amides is 1. The summed E-state index contributed by atoms with van der Waals surface area (Å²) < 4.78 is 36.1. The lowest BCUT2D eigenvalue weighted by atomic mass is 10.2. The molecule has 0 saturated heterocycles. The first-order chi connectivity index (χ1) is 15.3. The van der Waals surface area contributed by atoms with Crippen molar-refractivity contribution in [3.63, 3.8) is 0 Å². The van der Waals surface area contributed by atoms with Crippen molar-refractivity contribution in [3.05, 3.63) is 47.8 Å². The van der Waals surface area contributed by atoms with Gasteiger partial charge in [0.25, 0.3) is 0 Å². The summed E-state index contributed by atoms with van der Waals surface area (Å²) in [6.07, 6.45) is 1.62. The Balaban J connectivity index is 1.47. The molecule has 3 aromatic rings. The topological polar surface area (TPSA) is 117 Å². The van der Waals surface area contributed by atoms with Crippen LogP contribution in [0.3, 0.4) is 0 Å². The number of aromatic nitrogens is 2. The lowest BCUT2D eigenvalue weighted by Gasteiger charge is -2.17. The number of carbonyl (C=O) groups is 1. The molecule has 0 bridgehead atoms. The van der Waals surface area contributed by atoms with Gasteiger partial charge in [-0.1, -0.05) is 13.0 Å². The van der Waals surface area contributed by atoms with Crippen molar-refractivity contribution < 1.29 is 22.7 Å². The Labute approximate surface area is 186 Å². The standard InChI is InChI=1S/C22H26N4O5S/c1-3-10-26-18-6-5-16(32(23,28)29)12-17(18)24-21(26)8-9-22(27)25(2)13-15-4-7-19-20(11-15)31-14-30-19/h4-7,11-12H,3,8-10,13-14H2,1-2H3,(H2,23,28,29). The van der Waals surface area contributed by atoms with Gasteiger partial charge in [0.1, 0.15) is 5.82 Å². The number of nitrogens with two attached hydrogens (primary N) is 1. The first-order valence-electron chi connectivity index (χ1n) is 10.4. The second-order valence-corrected chi connectivity index (χ2v) is 9.37. The van der Waals surface area contributed by atoms with E-state index in [1.807, 2.05) is 22.8 Å². The Morgan fingerprint density at radius 2 is 1.97 bits per heavy atom. The number of aryl methyl sites for hydroxylation is 2. The third-order valence-corrected chi connectivity index (χ3v) is 6.33. The highest BCUT2D eigenvalue weighted by atomic mass is 32.2. The first-order valence-corrected chi connectivity index (χ1v) is 12.0. The quantitative estimate of drug-likeness (QED) is 0.554. The summed E-state index contributed by atoms with van der Waals surface area (Å²) in [6.45, 7) is 3.45. The SMILES string of the molecule is CCCn1c(CCC(=O)N(C)Cc2ccc3c(c2)OCO3)nc2cc(S(N)(=O)=O)ccc21. The number of benzene rings is 2. The predicted octanol–water partition coefficient (Wildman–Crippen LogP) is 2.41. The number of fused-ring (bicyclic) bond motifs is 2. The van der Waals surface area contributed by atoms with Gasteiger partial charge in [-0.05, 0) is 42.3 Å². The maximum absolute atomic E-state index is 12.8. The molecule has 32 heavy (non-hydrogen) atoms. The molecule has 10 heteroatoms. The van der Waals surface area contributed by atoms with E-state index in [1.165, 1.54) is 12.1 Å². The number of primary sulfonamides is 1. The third kappa shape index (κ3) is 4.56. The van der Waals surface area contributed by atoms with Gasteiger partial charge in [-0.2, -0.15) is 0 Å². The van der Waals surface area contributed by atoms with Gasteiger partial charge in [0.15, 0.2) is 11.5 Å². The second-order valence-electron chi connectivity index (χ2n) is 7.81. The highest BCUT2D eigenvalue weighted by molar-refractivity contribution is 7.89.